The molecule has 0 aliphatic rings. The van der Waals surface area contributed by atoms with Crippen molar-refractivity contribution in [2.45, 2.75) is 39.4 Å². The van der Waals surface area contributed by atoms with Crippen molar-refractivity contribution >= 4 is 5.91 Å². The number of hydrogen-bond donors (Lipinski definition) is 1. The van der Waals surface area contributed by atoms with Gasteiger partial charge >= 0.3 is 6.18 Å². The van der Waals surface area contributed by atoms with Crippen LogP contribution in [0.2, 0.25) is 0 Å². The Morgan fingerprint density at radius 2 is 2.04 bits per heavy atom. The summed E-state index contributed by atoms with van der Waals surface area (Å²) in [6.45, 7) is 5.69. The number of aromatic nitrogens is 2. The summed E-state index contributed by atoms with van der Waals surface area (Å²) in [4.78, 5) is 12.2. The normalized spacial score (nSPS) is 12.9. The van der Waals surface area contributed by atoms with Gasteiger partial charge in [0.2, 0.25) is 5.91 Å². The lowest BCUT2D eigenvalue weighted by Gasteiger charge is -2.13. The van der Waals surface area contributed by atoms with Gasteiger partial charge < -0.3 is 10.1 Å². The molecule has 1 heterocycles. The molecular formula is C18H22F3N3O2. The van der Waals surface area contributed by atoms with E-state index in [4.69, 9.17) is 4.74 Å². The monoisotopic (exact) mass is 369 g/mol. The van der Waals surface area contributed by atoms with Crippen molar-refractivity contribution in [1.29, 1.82) is 0 Å². The Labute approximate surface area is 150 Å². The van der Waals surface area contributed by atoms with Crippen LogP contribution in [0.15, 0.2) is 24.3 Å². The standard InChI is InChI=1S/C18H22F3N3O2/c1-11(10-26-4)22-17(25)9-16-12(2)23-24(13(16)3)15-7-5-6-14(8-15)18(19,20)21/h5-8,11H,9-10H2,1-4H3,(H,22,25)/t11-/m0/s1. The molecular weight excluding hydrogens is 347 g/mol. The molecule has 8 heteroatoms. The molecule has 2 rings (SSSR count). The van der Waals surface area contributed by atoms with Crippen LogP contribution in [0.1, 0.15) is 29.4 Å². The molecule has 0 spiro atoms. The fraction of sp³-hybridized carbons (Fsp3) is 0.444. The maximum atomic E-state index is 12.9. The molecule has 1 aromatic carbocycles. The molecule has 0 saturated carbocycles. The predicted octanol–water partition coefficient (Wildman–Crippen LogP) is 3.20. The summed E-state index contributed by atoms with van der Waals surface area (Å²) in [5, 5.41) is 7.13. The van der Waals surface area contributed by atoms with Gasteiger partial charge in [0.15, 0.2) is 0 Å². The topological polar surface area (TPSA) is 56.1 Å². The minimum Gasteiger partial charge on any atom is -0.383 e. The zero-order valence-electron chi connectivity index (χ0n) is 15.1. The number of carbonyl (C=O) groups is 1. The van der Waals surface area contributed by atoms with Gasteiger partial charge in [-0.25, -0.2) is 4.68 Å². The molecule has 5 nitrogen and oxygen atoms in total. The fourth-order valence-corrected chi connectivity index (χ4v) is 2.77. The highest BCUT2D eigenvalue weighted by atomic mass is 19.4. The maximum Gasteiger partial charge on any atom is 0.416 e. The third-order valence-electron chi connectivity index (χ3n) is 4.02. The Morgan fingerprint density at radius 3 is 2.65 bits per heavy atom. The smallest absolute Gasteiger partial charge is 0.383 e. The number of ether oxygens (including phenoxy) is 1. The van der Waals surface area contributed by atoms with Crippen LogP contribution >= 0.6 is 0 Å². The molecule has 142 valence electrons. The molecule has 0 fully saturated rings. The lowest BCUT2D eigenvalue weighted by molar-refractivity contribution is -0.137. The first kappa shape index (κ1) is 20.0. The van der Waals surface area contributed by atoms with Gasteiger partial charge in [0.05, 0.1) is 30.0 Å². The molecule has 2 aromatic rings. The van der Waals surface area contributed by atoms with Crippen molar-refractivity contribution in [2.24, 2.45) is 0 Å². The molecule has 1 aromatic heterocycles. The number of hydrogen-bond acceptors (Lipinski definition) is 3. The summed E-state index contributed by atoms with van der Waals surface area (Å²) in [5.74, 6) is -0.190. The summed E-state index contributed by atoms with van der Waals surface area (Å²) < 4.78 is 45.2. The molecule has 0 radical (unpaired) electrons. The van der Waals surface area contributed by atoms with E-state index in [2.05, 4.69) is 10.4 Å². The van der Waals surface area contributed by atoms with E-state index in [-0.39, 0.29) is 18.4 Å². The molecule has 1 atom stereocenters. The van der Waals surface area contributed by atoms with Crippen LogP contribution < -0.4 is 5.32 Å². The Bertz CT molecular complexity index is 784. The van der Waals surface area contributed by atoms with Crippen LogP contribution in [0, 0.1) is 13.8 Å². The Balaban J connectivity index is 2.27. The quantitative estimate of drug-likeness (QED) is 0.851. The van der Waals surface area contributed by atoms with Crippen molar-refractivity contribution in [3.63, 3.8) is 0 Å². The highest BCUT2D eigenvalue weighted by Crippen LogP contribution is 2.30. The van der Waals surface area contributed by atoms with Gasteiger partial charge in [-0.15, -0.1) is 0 Å². The van der Waals surface area contributed by atoms with Gasteiger partial charge in [-0.2, -0.15) is 18.3 Å². The predicted molar refractivity (Wildman–Crippen MR) is 91.2 cm³/mol. The second kappa shape index (κ2) is 7.90. The first-order valence-corrected chi connectivity index (χ1v) is 8.14. The van der Waals surface area contributed by atoms with Crippen molar-refractivity contribution < 1.29 is 22.7 Å². The van der Waals surface area contributed by atoms with E-state index < -0.39 is 11.7 Å². The van der Waals surface area contributed by atoms with E-state index in [1.807, 2.05) is 6.92 Å². The largest absolute Gasteiger partial charge is 0.416 e. The highest BCUT2D eigenvalue weighted by Gasteiger charge is 2.30. The number of halogens is 3. The minimum atomic E-state index is -4.42. The number of nitrogens with zero attached hydrogens (tertiary/aromatic N) is 2. The third-order valence-corrected chi connectivity index (χ3v) is 4.02. The first-order chi connectivity index (χ1) is 12.1. The van der Waals surface area contributed by atoms with E-state index in [1.165, 1.54) is 10.7 Å². The van der Waals surface area contributed by atoms with E-state index in [9.17, 15) is 18.0 Å². The van der Waals surface area contributed by atoms with E-state index in [1.54, 1.807) is 27.0 Å². The summed E-state index contributed by atoms with van der Waals surface area (Å²) >= 11 is 0. The number of rotatable bonds is 6. The number of alkyl halides is 3. The Hall–Kier alpha value is -2.35. The molecule has 0 unspecified atom stereocenters. The molecule has 0 aliphatic heterocycles. The zero-order chi connectivity index (χ0) is 19.5. The SMILES string of the molecule is COC[C@H](C)NC(=O)Cc1c(C)nn(-c2cccc(C(F)(F)F)c2)c1C. The summed E-state index contributed by atoms with van der Waals surface area (Å²) in [7, 11) is 1.55. The van der Waals surface area contributed by atoms with Gasteiger partial charge in [-0.1, -0.05) is 6.07 Å². The number of nitrogens with one attached hydrogen (secondary N) is 1. The summed E-state index contributed by atoms with van der Waals surface area (Å²) in [5.41, 5.74) is 1.51. The summed E-state index contributed by atoms with van der Waals surface area (Å²) in [6, 6.07) is 4.82. The van der Waals surface area contributed by atoms with E-state index in [0.29, 0.717) is 29.2 Å². The fourth-order valence-electron chi connectivity index (χ4n) is 2.77. The highest BCUT2D eigenvalue weighted by molar-refractivity contribution is 5.79. The second-order valence-corrected chi connectivity index (χ2v) is 6.21. The lowest BCUT2D eigenvalue weighted by atomic mass is 10.1. The van der Waals surface area contributed by atoms with Crippen molar-refractivity contribution in [1.82, 2.24) is 15.1 Å². The van der Waals surface area contributed by atoms with Gasteiger partial charge in [-0.3, -0.25) is 4.79 Å². The van der Waals surface area contributed by atoms with Crippen molar-refractivity contribution in [2.75, 3.05) is 13.7 Å². The van der Waals surface area contributed by atoms with Crippen molar-refractivity contribution in [3.05, 3.63) is 46.8 Å². The lowest BCUT2D eigenvalue weighted by Crippen LogP contribution is -2.36. The van der Waals surface area contributed by atoms with Gasteiger partial charge in [-0.05, 0) is 39.0 Å². The van der Waals surface area contributed by atoms with Crippen LogP contribution in [0.5, 0.6) is 0 Å². The van der Waals surface area contributed by atoms with Gasteiger partial charge in [0.25, 0.3) is 0 Å². The van der Waals surface area contributed by atoms with Crippen LogP contribution in [-0.2, 0) is 22.1 Å². The Morgan fingerprint density at radius 1 is 1.35 bits per heavy atom. The molecule has 26 heavy (non-hydrogen) atoms. The third kappa shape index (κ3) is 4.63. The molecule has 1 N–H and O–H groups in total. The van der Waals surface area contributed by atoms with Crippen LogP contribution in [-0.4, -0.2) is 35.4 Å². The number of aryl methyl sites for hydroxylation is 1. The molecule has 0 saturated heterocycles. The van der Waals surface area contributed by atoms with Crippen LogP contribution in [0.4, 0.5) is 13.2 Å². The summed E-state index contributed by atoms with van der Waals surface area (Å²) in [6.07, 6.45) is -4.32. The number of benzene rings is 1. The van der Waals surface area contributed by atoms with E-state index in [0.717, 1.165) is 12.1 Å². The molecule has 0 aliphatic carbocycles. The molecule has 1 amide bonds. The number of methoxy groups -OCH3 is 1. The number of carbonyl (C=O) groups excluding carboxylic acids is 1. The van der Waals surface area contributed by atoms with Gasteiger partial charge in [0, 0.05) is 24.4 Å². The van der Waals surface area contributed by atoms with Crippen molar-refractivity contribution in [3.8, 4) is 5.69 Å². The second-order valence-electron chi connectivity index (χ2n) is 6.21. The van der Waals surface area contributed by atoms with Crippen LogP contribution in [0.3, 0.4) is 0 Å². The molecule has 0 bridgehead atoms. The van der Waals surface area contributed by atoms with E-state index >= 15 is 0 Å². The van der Waals surface area contributed by atoms with Gasteiger partial charge in [0.1, 0.15) is 0 Å². The zero-order valence-corrected chi connectivity index (χ0v) is 15.1. The number of amides is 1. The average molecular weight is 369 g/mol. The minimum absolute atomic E-state index is 0.102. The first-order valence-electron chi connectivity index (χ1n) is 8.14. The maximum absolute atomic E-state index is 12.9. The Kier molecular flexibility index (Phi) is 6.07. The van der Waals surface area contributed by atoms with Crippen LogP contribution in [0.25, 0.3) is 5.69 Å². The average Bonchev–Trinajstić information content (AvgIpc) is 2.82.